The van der Waals surface area contributed by atoms with E-state index in [0.29, 0.717) is 11.6 Å². The van der Waals surface area contributed by atoms with Crippen molar-refractivity contribution in [2.24, 2.45) is 0 Å². The molecule has 0 aliphatic heterocycles. The summed E-state index contributed by atoms with van der Waals surface area (Å²) in [4.78, 5) is 15.4. The molecule has 0 radical (unpaired) electrons. The molecule has 20 heavy (non-hydrogen) atoms. The molecule has 2 aromatic rings. The van der Waals surface area contributed by atoms with Gasteiger partial charge in [-0.15, -0.1) is 0 Å². The summed E-state index contributed by atoms with van der Waals surface area (Å²) in [5.41, 5.74) is 2.09. The van der Waals surface area contributed by atoms with Crippen molar-refractivity contribution in [3.05, 3.63) is 30.1 Å². The number of benzene rings is 1. The van der Waals surface area contributed by atoms with Gasteiger partial charge in [-0.25, -0.2) is 9.78 Å². The van der Waals surface area contributed by atoms with E-state index in [9.17, 15) is 4.79 Å². The highest BCUT2D eigenvalue weighted by Crippen LogP contribution is 2.26. The summed E-state index contributed by atoms with van der Waals surface area (Å²) >= 11 is 0. The number of carboxylic acids is 1. The Labute approximate surface area is 119 Å². The SMILES string of the molecule is CCCCC(CCC)n1cnc2cc(C(=O)O)ccc21. The fraction of sp³-hybridized carbons (Fsp3) is 0.500. The molecule has 0 saturated heterocycles. The van der Waals surface area contributed by atoms with E-state index in [-0.39, 0.29) is 0 Å². The fourth-order valence-corrected chi connectivity index (χ4v) is 2.65. The number of imidazole rings is 1. The summed E-state index contributed by atoms with van der Waals surface area (Å²) in [5, 5.41) is 9.03. The lowest BCUT2D eigenvalue weighted by Gasteiger charge is -2.18. The molecular formula is C16H22N2O2. The zero-order chi connectivity index (χ0) is 14.5. The van der Waals surface area contributed by atoms with Crippen molar-refractivity contribution >= 4 is 17.0 Å². The van der Waals surface area contributed by atoms with Crippen molar-refractivity contribution in [1.29, 1.82) is 0 Å². The van der Waals surface area contributed by atoms with E-state index in [0.717, 1.165) is 30.3 Å². The molecule has 0 bridgehead atoms. The van der Waals surface area contributed by atoms with E-state index in [1.807, 2.05) is 12.4 Å². The molecule has 0 aliphatic rings. The zero-order valence-electron chi connectivity index (χ0n) is 12.2. The molecule has 1 unspecified atom stereocenters. The molecule has 1 aromatic carbocycles. The van der Waals surface area contributed by atoms with Crippen LogP contribution in [0.25, 0.3) is 11.0 Å². The smallest absolute Gasteiger partial charge is 0.335 e. The van der Waals surface area contributed by atoms with Crippen molar-refractivity contribution in [2.75, 3.05) is 0 Å². The van der Waals surface area contributed by atoms with Gasteiger partial charge in [-0.2, -0.15) is 0 Å². The first kappa shape index (κ1) is 14.6. The van der Waals surface area contributed by atoms with Crippen LogP contribution >= 0.6 is 0 Å². The normalized spacial score (nSPS) is 12.7. The lowest BCUT2D eigenvalue weighted by molar-refractivity contribution is 0.0697. The summed E-state index contributed by atoms with van der Waals surface area (Å²) in [7, 11) is 0. The van der Waals surface area contributed by atoms with Crippen LogP contribution in [0, 0.1) is 0 Å². The van der Waals surface area contributed by atoms with Crippen molar-refractivity contribution in [1.82, 2.24) is 9.55 Å². The predicted octanol–water partition coefficient (Wildman–Crippen LogP) is 4.27. The molecule has 0 amide bonds. The van der Waals surface area contributed by atoms with Gasteiger partial charge in [0.2, 0.25) is 0 Å². The number of unbranched alkanes of at least 4 members (excludes halogenated alkanes) is 1. The van der Waals surface area contributed by atoms with Crippen LogP contribution in [-0.2, 0) is 0 Å². The Bertz CT molecular complexity index is 589. The van der Waals surface area contributed by atoms with Crippen LogP contribution in [0.5, 0.6) is 0 Å². The van der Waals surface area contributed by atoms with Gasteiger partial charge < -0.3 is 9.67 Å². The second-order valence-corrected chi connectivity index (χ2v) is 5.25. The summed E-state index contributed by atoms with van der Waals surface area (Å²) in [6, 6.07) is 5.64. The molecule has 0 aliphatic carbocycles. The van der Waals surface area contributed by atoms with E-state index in [4.69, 9.17) is 5.11 Å². The number of hydrogen-bond acceptors (Lipinski definition) is 2. The second-order valence-electron chi connectivity index (χ2n) is 5.25. The van der Waals surface area contributed by atoms with Crippen molar-refractivity contribution in [2.45, 2.75) is 52.0 Å². The number of aromatic nitrogens is 2. The monoisotopic (exact) mass is 274 g/mol. The minimum absolute atomic E-state index is 0.295. The third-order valence-corrected chi connectivity index (χ3v) is 3.73. The molecule has 4 nitrogen and oxygen atoms in total. The van der Waals surface area contributed by atoms with Crippen LogP contribution in [0.15, 0.2) is 24.5 Å². The molecular weight excluding hydrogens is 252 g/mol. The van der Waals surface area contributed by atoms with Crippen LogP contribution in [-0.4, -0.2) is 20.6 Å². The molecule has 0 fully saturated rings. The van der Waals surface area contributed by atoms with Crippen LogP contribution in [0.1, 0.15) is 62.4 Å². The topological polar surface area (TPSA) is 55.1 Å². The number of carbonyl (C=O) groups is 1. The second kappa shape index (κ2) is 6.55. The van der Waals surface area contributed by atoms with Gasteiger partial charge in [0.25, 0.3) is 0 Å². The van der Waals surface area contributed by atoms with Crippen LogP contribution in [0.2, 0.25) is 0 Å². The zero-order valence-corrected chi connectivity index (χ0v) is 12.2. The summed E-state index contributed by atoms with van der Waals surface area (Å²) in [6.45, 7) is 4.40. The lowest BCUT2D eigenvalue weighted by atomic mass is 10.0. The quantitative estimate of drug-likeness (QED) is 0.820. The summed E-state index contributed by atoms with van der Waals surface area (Å²) in [5.74, 6) is -0.905. The third kappa shape index (κ3) is 3.00. The summed E-state index contributed by atoms with van der Waals surface area (Å²) < 4.78 is 2.21. The van der Waals surface area contributed by atoms with Gasteiger partial charge in [0, 0.05) is 6.04 Å². The first-order valence-corrected chi connectivity index (χ1v) is 7.37. The highest BCUT2D eigenvalue weighted by molar-refractivity contribution is 5.92. The van der Waals surface area contributed by atoms with Gasteiger partial charge in [0.05, 0.1) is 22.9 Å². The van der Waals surface area contributed by atoms with Crippen LogP contribution < -0.4 is 0 Å². The standard InChI is InChI=1S/C16H22N2O2/c1-3-5-7-13(6-4-2)18-11-17-14-10-12(16(19)20)8-9-15(14)18/h8-11,13H,3-7H2,1-2H3,(H,19,20). The Balaban J connectivity index is 2.35. The Morgan fingerprint density at radius 1 is 1.30 bits per heavy atom. The van der Waals surface area contributed by atoms with Gasteiger partial charge in [0.1, 0.15) is 0 Å². The number of nitrogens with zero attached hydrogens (tertiary/aromatic N) is 2. The fourth-order valence-electron chi connectivity index (χ4n) is 2.65. The van der Waals surface area contributed by atoms with E-state index < -0.39 is 5.97 Å². The molecule has 108 valence electrons. The Morgan fingerprint density at radius 2 is 2.10 bits per heavy atom. The van der Waals surface area contributed by atoms with Crippen molar-refractivity contribution < 1.29 is 9.90 Å². The van der Waals surface area contributed by atoms with E-state index >= 15 is 0 Å². The number of rotatable bonds is 7. The predicted molar refractivity (Wildman–Crippen MR) is 80.2 cm³/mol. The molecule has 1 atom stereocenters. The number of aromatic carboxylic acids is 1. The van der Waals surface area contributed by atoms with Gasteiger partial charge in [-0.05, 0) is 31.0 Å². The molecule has 1 aromatic heterocycles. The molecule has 4 heteroatoms. The minimum Gasteiger partial charge on any atom is -0.478 e. The van der Waals surface area contributed by atoms with Crippen LogP contribution in [0.4, 0.5) is 0 Å². The van der Waals surface area contributed by atoms with E-state index in [1.54, 1.807) is 12.1 Å². The average molecular weight is 274 g/mol. The maximum Gasteiger partial charge on any atom is 0.335 e. The van der Waals surface area contributed by atoms with Gasteiger partial charge in [-0.1, -0.05) is 33.1 Å². The Morgan fingerprint density at radius 3 is 2.75 bits per heavy atom. The lowest BCUT2D eigenvalue weighted by Crippen LogP contribution is -2.08. The highest BCUT2D eigenvalue weighted by atomic mass is 16.4. The van der Waals surface area contributed by atoms with Gasteiger partial charge in [0.15, 0.2) is 0 Å². The number of carboxylic acid groups (broad SMARTS) is 1. The van der Waals surface area contributed by atoms with Crippen molar-refractivity contribution in [3.8, 4) is 0 Å². The molecule has 0 saturated carbocycles. The van der Waals surface area contributed by atoms with Crippen LogP contribution in [0.3, 0.4) is 0 Å². The van der Waals surface area contributed by atoms with Crippen molar-refractivity contribution in [3.63, 3.8) is 0 Å². The first-order valence-electron chi connectivity index (χ1n) is 7.37. The maximum absolute atomic E-state index is 11.0. The minimum atomic E-state index is -0.905. The molecule has 2 rings (SSSR count). The highest BCUT2D eigenvalue weighted by Gasteiger charge is 2.14. The molecule has 1 heterocycles. The maximum atomic E-state index is 11.0. The molecule has 0 spiro atoms. The largest absolute Gasteiger partial charge is 0.478 e. The van der Waals surface area contributed by atoms with Gasteiger partial charge >= 0.3 is 5.97 Å². The Hall–Kier alpha value is -1.84. The van der Waals surface area contributed by atoms with E-state index in [2.05, 4.69) is 23.4 Å². The number of fused-ring (bicyclic) bond motifs is 1. The Kier molecular flexibility index (Phi) is 4.77. The summed E-state index contributed by atoms with van der Waals surface area (Å²) in [6.07, 6.45) is 7.67. The molecule has 1 N–H and O–H groups in total. The third-order valence-electron chi connectivity index (χ3n) is 3.73. The van der Waals surface area contributed by atoms with Gasteiger partial charge in [-0.3, -0.25) is 0 Å². The average Bonchev–Trinajstić information content (AvgIpc) is 2.86. The number of hydrogen-bond donors (Lipinski definition) is 1. The van der Waals surface area contributed by atoms with E-state index in [1.165, 1.54) is 12.8 Å². The first-order chi connectivity index (χ1) is 9.67.